The number of rotatable bonds is 9. The molecular weight excluding hydrogens is 432 g/mol. The van der Waals surface area contributed by atoms with E-state index in [1.54, 1.807) is 30.1 Å². The number of aliphatic carboxylic acids is 2. The van der Waals surface area contributed by atoms with Gasteiger partial charge in [0.15, 0.2) is 17.0 Å². The van der Waals surface area contributed by atoms with Crippen molar-refractivity contribution in [3.63, 3.8) is 0 Å². The van der Waals surface area contributed by atoms with Crippen molar-refractivity contribution in [2.75, 3.05) is 23.4 Å². The van der Waals surface area contributed by atoms with Gasteiger partial charge >= 0.3 is 11.9 Å². The molecule has 0 aliphatic carbocycles. The number of anilines is 3. The van der Waals surface area contributed by atoms with Crippen molar-refractivity contribution < 1.29 is 24.6 Å². The van der Waals surface area contributed by atoms with Crippen molar-refractivity contribution in [3.05, 3.63) is 41.7 Å². The maximum atomic E-state index is 12.8. The molecule has 1 unspecified atom stereocenters. The topological polar surface area (TPSA) is 211 Å². The number of nitrogens with two attached hydrogens (primary N) is 2. The minimum atomic E-state index is -1.34. The number of carboxylic acid groups (broad SMARTS) is 2. The Hall–Kier alpha value is -4.55. The van der Waals surface area contributed by atoms with E-state index in [0.717, 1.165) is 0 Å². The molecule has 2 aromatic heterocycles. The smallest absolute Gasteiger partial charge is 0.326 e. The highest BCUT2D eigenvalue weighted by Crippen LogP contribution is 2.22. The van der Waals surface area contributed by atoms with Gasteiger partial charge in [0.1, 0.15) is 6.04 Å². The fourth-order valence-electron chi connectivity index (χ4n) is 3.15. The van der Waals surface area contributed by atoms with Gasteiger partial charge < -0.3 is 31.9 Å². The molecule has 1 atom stereocenters. The Morgan fingerprint density at radius 3 is 2.55 bits per heavy atom. The van der Waals surface area contributed by atoms with E-state index in [4.69, 9.17) is 16.6 Å². The Bertz CT molecular complexity index is 1220. The van der Waals surface area contributed by atoms with Crippen molar-refractivity contribution in [1.82, 2.24) is 25.3 Å². The van der Waals surface area contributed by atoms with Crippen LogP contribution in [-0.2, 0) is 16.1 Å². The van der Waals surface area contributed by atoms with Gasteiger partial charge in [-0.15, -0.1) is 0 Å². The Balaban J connectivity index is 1.81. The lowest BCUT2D eigenvalue weighted by molar-refractivity contribution is -0.140. The maximum Gasteiger partial charge on any atom is 0.326 e. The van der Waals surface area contributed by atoms with E-state index < -0.39 is 30.3 Å². The lowest BCUT2D eigenvalue weighted by atomic mass is 10.1. The molecule has 1 amide bonds. The second kappa shape index (κ2) is 9.72. The van der Waals surface area contributed by atoms with Crippen LogP contribution in [0.3, 0.4) is 0 Å². The number of nitrogens with one attached hydrogen (secondary N) is 1. The first kappa shape index (κ1) is 23.1. The van der Waals surface area contributed by atoms with Crippen LogP contribution in [0.2, 0.25) is 0 Å². The Kier molecular flexibility index (Phi) is 6.81. The van der Waals surface area contributed by atoms with Crippen molar-refractivity contribution in [1.29, 1.82) is 0 Å². The molecule has 13 nitrogen and oxygen atoms in total. The summed E-state index contributed by atoms with van der Waals surface area (Å²) in [6.07, 6.45) is 0.868. The second-order valence-electron chi connectivity index (χ2n) is 7.17. The van der Waals surface area contributed by atoms with Crippen LogP contribution in [0.15, 0.2) is 30.5 Å². The maximum absolute atomic E-state index is 12.8. The summed E-state index contributed by atoms with van der Waals surface area (Å²) in [5, 5.41) is 20.5. The van der Waals surface area contributed by atoms with Gasteiger partial charge in [-0.05, 0) is 18.6 Å². The summed E-state index contributed by atoms with van der Waals surface area (Å²) in [5.74, 6) is -3.03. The number of fused-ring (bicyclic) bond motifs is 1. The third-order valence-corrected chi connectivity index (χ3v) is 4.71. The van der Waals surface area contributed by atoms with Crippen molar-refractivity contribution >= 4 is 46.5 Å². The fraction of sp³-hybridized carbons (Fsp3) is 0.250. The van der Waals surface area contributed by atoms with E-state index in [1.165, 1.54) is 12.3 Å². The molecule has 0 aliphatic heterocycles. The van der Waals surface area contributed by atoms with Crippen molar-refractivity contribution in [2.24, 2.45) is 0 Å². The fourth-order valence-corrected chi connectivity index (χ4v) is 3.15. The average molecular weight is 454 g/mol. The van der Waals surface area contributed by atoms with Gasteiger partial charge in [-0.25, -0.2) is 14.8 Å². The van der Waals surface area contributed by atoms with E-state index in [1.807, 2.05) is 0 Å². The molecule has 13 heteroatoms. The van der Waals surface area contributed by atoms with E-state index in [9.17, 15) is 19.5 Å². The van der Waals surface area contributed by atoms with Crippen LogP contribution in [-0.4, -0.2) is 61.1 Å². The number of carboxylic acids is 2. The first-order chi connectivity index (χ1) is 15.7. The highest BCUT2D eigenvalue weighted by molar-refractivity contribution is 6.01. The van der Waals surface area contributed by atoms with E-state index in [-0.39, 0.29) is 35.9 Å². The quantitative estimate of drug-likeness (QED) is 0.295. The molecule has 0 spiro atoms. The summed E-state index contributed by atoms with van der Waals surface area (Å²) >= 11 is 0. The van der Waals surface area contributed by atoms with Crippen LogP contribution in [0, 0.1) is 0 Å². The van der Waals surface area contributed by atoms with E-state index in [0.29, 0.717) is 16.9 Å². The van der Waals surface area contributed by atoms with Gasteiger partial charge in [0, 0.05) is 19.2 Å². The van der Waals surface area contributed by atoms with Crippen LogP contribution in [0.4, 0.5) is 17.5 Å². The molecule has 0 fully saturated rings. The molecule has 0 saturated heterocycles. The number of benzene rings is 1. The third kappa shape index (κ3) is 5.58. The first-order valence-corrected chi connectivity index (χ1v) is 9.76. The van der Waals surface area contributed by atoms with Crippen molar-refractivity contribution in [2.45, 2.75) is 25.4 Å². The number of aromatic nitrogens is 4. The largest absolute Gasteiger partial charge is 0.481 e. The predicted molar refractivity (Wildman–Crippen MR) is 118 cm³/mol. The number of amides is 1. The second-order valence-corrected chi connectivity index (χ2v) is 7.17. The predicted octanol–water partition coefficient (Wildman–Crippen LogP) is 0.268. The summed E-state index contributed by atoms with van der Waals surface area (Å²) in [7, 11) is 1.72. The van der Waals surface area contributed by atoms with Gasteiger partial charge in [0.2, 0.25) is 5.95 Å². The monoisotopic (exact) mass is 454 g/mol. The van der Waals surface area contributed by atoms with Crippen LogP contribution in [0.1, 0.15) is 28.9 Å². The van der Waals surface area contributed by atoms with E-state index in [2.05, 4.69) is 25.3 Å². The van der Waals surface area contributed by atoms with Crippen LogP contribution >= 0.6 is 0 Å². The number of nitrogen functional groups attached to an aromatic ring is 2. The number of carbonyl (C=O) groups is 3. The zero-order chi connectivity index (χ0) is 24.1. The van der Waals surface area contributed by atoms with Crippen LogP contribution in [0.25, 0.3) is 11.2 Å². The van der Waals surface area contributed by atoms with E-state index >= 15 is 0 Å². The molecule has 7 N–H and O–H groups in total. The third-order valence-electron chi connectivity index (χ3n) is 4.71. The van der Waals surface area contributed by atoms with Gasteiger partial charge in [0.05, 0.1) is 24.0 Å². The summed E-state index contributed by atoms with van der Waals surface area (Å²) in [4.78, 5) is 53.2. The normalized spacial score (nSPS) is 11.7. The highest BCUT2D eigenvalue weighted by Gasteiger charge is 2.23. The molecular formula is C20H22N8O5. The summed E-state index contributed by atoms with van der Waals surface area (Å²) < 4.78 is 0. The molecule has 3 rings (SSSR count). The average Bonchev–Trinajstić information content (AvgIpc) is 2.76. The SMILES string of the molecule is CN(Cc1cnc2nc(N)nc(N)c2n1)c1ccccc1C(=O)NC(CCC(=O)O)C(=O)O. The minimum Gasteiger partial charge on any atom is -0.481 e. The number of hydrogen-bond acceptors (Lipinski definition) is 10. The molecule has 3 aromatic rings. The molecule has 0 radical (unpaired) electrons. The summed E-state index contributed by atoms with van der Waals surface area (Å²) in [6.45, 7) is 0.235. The van der Waals surface area contributed by atoms with Gasteiger partial charge in [-0.1, -0.05) is 12.1 Å². The van der Waals surface area contributed by atoms with Crippen LogP contribution < -0.4 is 21.7 Å². The summed E-state index contributed by atoms with van der Waals surface area (Å²) in [6, 6.07) is 5.25. The molecule has 33 heavy (non-hydrogen) atoms. The van der Waals surface area contributed by atoms with Gasteiger partial charge in [-0.3, -0.25) is 9.59 Å². The molecule has 1 aromatic carbocycles. The number of carbonyl (C=O) groups excluding carboxylic acids is 1. The summed E-state index contributed by atoms with van der Waals surface area (Å²) in [5.41, 5.74) is 13.2. The molecule has 0 aliphatic rings. The van der Waals surface area contributed by atoms with Gasteiger partial charge in [-0.2, -0.15) is 9.97 Å². The molecule has 0 saturated carbocycles. The molecule has 172 valence electrons. The molecule has 2 heterocycles. The lowest BCUT2D eigenvalue weighted by Gasteiger charge is -2.22. The highest BCUT2D eigenvalue weighted by atomic mass is 16.4. The number of hydrogen-bond donors (Lipinski definition) is 5. The zero-order valence-electron chi connectivity index (χ0n) is 17.6. The number of para-hydroxylation sites is 1. The van der Waals surface area contributed by atoms with Gasteiger partial charge in [0.25, 0.3) is 5.91 Å². The standard InChI is InChI=1S/C20H22N8O5/c1-28(9-10-8-23-17-15(24-10)16(21)26-20(22)27-17)13-5-3-2-4-11(13)18(31)25-12(19(32)33)6-7-14(29)30/h2-5,8,12H,6-7,9H2,1H3,(H,25,31)(H,29,30)(H,32,33)(H4,21,22,23,26,27). The Morgan fingerprint density at radius 1 is 1.12 bits per heavy atom. The zero-order valence-corrected chi connectivity index (χ0v) is 17.6. The lowest BCUT2D eigenvalue weighted by Crippen LogP contribution is -2.41. The van der Waals surface area contributed by atoms with Crippen LogP contribution in [0.5, 0.6) is 0 Å². The first-order valence-electron chi connectivity index (χ1n) is 9.76. The minimum absolute atomic E-state index is 0.0119. The molecule has 0 bridgehead atoms. The van der Waals surface area contributed by atoms with Crippen molar-refractivity contribution in [3.8, 4) is 0 Å². The number of nitrogens with zero attached hydrogens (tertiary/aromatic N) is 5. The Morgan fingerprint density at radius 2 is 1.85 bits per heavy atom. The Labute approximate surface area is 187 Å².